The van der Waals surface area contributed by atoms with Crippen LogP contribution in [0.5, 0.6) is 0 Å². The number of hydrogen-bond acceptors (Lipinski definition) is 6. The van der Waals surface area contributed by atoms with Gasteiger partial charge in [-0.05, 0) is 56.6 Å². The van der Waals surface area contributed by atoms with Gasteiger partial charge in [0.2, 0.25) is 0 Å². The zero-order valence-corrected chi connectivity index (χ0v) is 24.8. The van der Waals surface area contributed by atoms with E-state index in [-0.39, 0.29) is 31.8 Å². The summed E-state index contributed by atoms with van der Waals surface area (Å²) in [6.07, 6.45) is 14.8. The third-order valence-corrected chi connectivity index (χ3v) is 7.37. The van der Waals surface area contributed by atoms with Crippen molar-refractivity contribution >= 4 is 11.9 Å². The van der Waals surface area contributed by atoms with Crippen LogP contribution in [0.25, 0.3) is 0 Å². The van der Waals surface area contributed by atoms with Crippen molar-refractivity contribution in [3.05, 3.63) is 94.6 Å². The lowest BCUT2D eigenvalue weighted by Gasteiger charge is -2.38. The van der Waals surface area contributed by atoms with E-state index in [1.807, 2.05) is 55.5 Å². The van der Waals surface area contributed by atoms with Crippen molar-refractivity contribution in [2.24, 2.45) is 10.8 Å². The van der Waals surface area contributed by atoms with E-state index in [1.165, 1.54) is 43.4 Å². The van der Waals surface area contributed by atoms with Crippen LogP contribution in [0, 0.1) is 10.8 Å². The van der Waals surface area contributed by atoms with E-state index in [0.29, 0.717) is 0 Å². The molecule has 3 rings (SSSR count). The lowest BCUT2D eigenvalue weighted by atomic mass is 9.72. The summed E-state index contributed by atoms with van der Waals surface area (Å²) >= 11 is 0. The van der Waals surface area contributed by atoms with Crippen LogP contribution in [0.2, 0.25) is 0 Å². The molecule has 0 amide bonds. The number of hydrogen-bond donors (Lipinski definition) is 0. The number of benzene rings is 1. The van der Waals surface area contributed by atoms with Crippen molar-refractivity contribution in [3.8, 4) is 0 Å². The molecule has 0 unspecified atom stereocenters. The van der Waals surface area contributed by atoms with Gasteiger partial charge in [0.05, 0.1) is 18.6 Å². The van der Waals surface area contributed by atoms with E-state index in [0.717, 1.165) is 16.7 Å². The zero-order chi connectivity index (χ0) is 29.2. The maximum absolute atomic E-state index is 12.6. The fraction of sp³-hybridized carbons (Fsp3) is 0.471. The first kappa shape index (κ1) is 31.3. The van der Waals surface area contributed by atoms with Gasteiger partial charge < -0.3 is 18.9 Å². The highest BCUT2D eigenvalue weighted by molar-refractivity contribution is 5.83. The molecule has 0 bridgehead atoms. The average Bonchev–Trinajstić information content (AvgIpc) is 2.91. The predicted molar refractivity (Wildman–Crippen MR) is 157 cm³/mol. The molecule has 6 nitrogen and oxygen atoms in total. The predicted octanol–water partition coefficient (Wildman–Crippen LogP) is 7.36. The highest BCUT2D eigenvalue weighted by atomic mass is 16.7. The molecular formula is C34H44O6. The topological polar surface area (TPSA) is 71.1 Å². The molecule has 1 aliphatic carbocycles. The van der Waals surface area contributed by atoms with Gasteiger partial charge in [-0.25, -0.2) is 4.79 Å². The summed E-state index contributed by atoms with van der Waals surface area (Å²) in [6.45, 7) is 12.6. The molecule has 1 aromatic rings. The minimum absolute atomic E-state index is 0.00351. The Morgan fingerprint density at radius 3 is 2.30 bits per heavy atom. The first-order chi connectivity index (χ1) is 19.0. The second-order valence-corrected chi connectivity index (χ2v) is 11.7. The van der Waals surface area contributed by atoms with Gasteiger partial charge in [-0.2, -0.15) is 0 Å². The van der Waals surface area contributed by atoms with E-state index < -0.39 is 23.6 Å². The fourth-order valence-electron chi connectivity index (χ4n) is 4.99. The normalized spacial score (nSPS) is 24.0. The second kappa shape index (κ2) is 14.4. The molecule has 1 heterocycles. The number of rotatable bonds is 10. The quantitative estimate of drug-likeness (QED) is 0.173. The van der Waals surface area contributed by atoms with Crippen molar-refractivity contribution in [2.45, 2.75) is 67.1 Å². The molecule has 0 radical (unpaired) electrons. The van der Waals surface area contributed by atoms with Crippen molar-refractivity contribution in [3.63, 3.8) is 0 Å². The Morgan fingerprint density at radius 2 is 1.65 bits per heavy atom. The summed E-state index contributed by atoms with van der Waals surface area (Å²) in [5.41, 5.74) is 5.14. The maximum Gasteiger partial charge on any atom is 0.331 e. The van der Waals surface area contributed by atoms with Crippen LogP contribution in [-0.2, 0) is 28.5 Å². The fourth-order valence-corrected chi connectivity index (χ4v) is 4.99. The lowest BCUT2D eigenvalue weighted by Crippen LogP contribution is -2.46. The Kier molecular flexibility index (Phi) is 11.3. The molecule has 0 aromatic heterocycles. The minimum Gasteiger partial charge on any atom is -0.465 e. The van der Waals surface area contributed by atoms with Gasteiger partial charge in [0.15, 0.2) is 6.29 Å². The molecule has 1 fully saturated rings. The minimum atomic E-state index is -0.781. The summed E-state index contributed by atoms with van der Waals surface area (Å²) in [5, 5.41) is 0. The maximum atomic E-state index is 12.6. The highest BCUT2D eigenvalue weighted by Crippen LogP contribution is 2.40. The monoisotopic (exact) mass is 548 g/mol. The van der Waals surface area contributed by atoms with Crippen molar-refractivity contribution < 1.29 is 28.5 Å². The Morgan fingerprint density at radius 1 is 0.975 bits per heavy atom. The van der Waals surface area contributed by atoms with E-state index in [4.69, 9.17) is 18.9 Å². The van der Waals surface area contributed by atoms with Gasteiger partial charge in [-0.3, -0.25) is 4.79 Å². The zero-order valence-electron chi connectivity index (χ0n) is 24.8. The van der Waals surface area contributed by atoms with Crippen LogP contribution < -0.4 is 0 Å². The first-order valence-corrected chi connectivity index (χ1v) is 14.0. The van der Waals surface area contributed by atoms with Gasteiger partial charge in [0, 0.05) is 18.6 Å². The number of ether oxygens (including phenoxy) is 4. The van der Waals surface area contributed by atoms with Crippen LogP contribution >= 0.6 is 0 Å². The van der Waals surface area contributed by atoms with Crippen LogP contribution in [0.4, 0.5) is 0 Å². The molecule has 0 saturated carbocycles. The van der Waals surface area contributed by atoms with Crippen molar-refractivity contribution in [2.75, 3.05) is 26.4 Å². The van der Waals surface area contributed by atoms with Crippen LogP contribution in [-0.4, -0.2) is 38.4 Å². The average molecular weight is 549 g/mol. The molecule has 216 valence electrons. The van der Waals surface area contributed by atoms with Crippen molar-refractivity contribution in [1.82, 2.24) is 0 Å². The van der Waals surface area contributed by atoms with Crippen LogP contribution in [0.15, 0.2) is 89.1 Å². The molecule has 2 aliphatic rings. The number of carbonyl (C=O) groups is 2. The van der Waals surface area contributed by atoms with Gasteiger partial charge in [0.1, 0.15) is 13.2 Å². The van der Waals surface area contributed by atoms with E-state index in [2.05, 4.69) is 39.8 Å². The largest absolute Gasteiger partial charge is 0.465 e. The summed E-state index contributed by atoms with van der Waals surface area (Å²) in [6, 6.07) is 9.60. The standard InChI is InChI=1S/C34H44O6/c1-25(17-18-30-27(3)14-11-19-33(30,5)6)12-10-13-26(2)20-31(36)38-22-34(21-37-28(4)35)23-39-32(40-24-34)29-15-8-7-9-16-29/h7-10,12-13,15-18,20,32H,11,14,19,21-24H2,1-6H3/b13-10?,18-17?,25-12?,26-20+. The van der Waals surface area contributed by atoms with Crippen LogP contribution in [0.3, 0.4) is 0 Å². The Hall–Kier alpha value is -3.22. The summed E-state index contributed by atoms with van der Waals surface area (Å²) in [7, 11) is 0. The molecule has 0 spiro atoms. The Bertz CT molecular complexity index is 1170. The third-order valence-electron chi connectivity index (χ3n) is 7.37. The van der Waals surface area contributed by atoms with E-state index in [9.17, 15) is 9.59 Å². The molecule has 40 heavy (non-hydrogen) atoms. The molecule has 1 aliphatic heterocycles. The molecule has 0 atom stereocenters. The molecule has 6 heteroatoms. The summed E-state index contributed by atoms with van der Waals surface area (Å²) in [4.78, 5) is 24.0. The van der Waals surface area contributed by atoms with Gasteiger partial charge in [0.25, 0.3) is 0 Å². The summed E-state index contributed by atoms with van der Waals surface area (Å²) in [5.74, 6) is -0.888. The Labute approximate surface area is 239 Å². The Balaban J connectivity index is 1.55. The van der Waals surface area contributed by atoms with Crippen molar-refractivity contribution in [1.29, 1.82) is 0 Å². The number of esters is 2. The molecule has 0 N–H and O–H groups in total. The third kappa shape index (κ3) is 9.46. The molecular weight excluding hydrogens is 504 g/mol. The SMILES string of the molecule is CC(=O)OCC1(COC(=O)/C=C(\C)C=CC=C(C)C=CC2=C(C)CCCC2(C)C)COC(c2ccccc2)OC1. The smallest absolute Gasteiger partial charge is 0.331 e. The van der Waals surface area contributed by atoms with Gasteiger partial charge in [-0.1, -0.05) is 85.7 Å². The van der Waals surface area contributed by atoms with E-state index >= 15 is 0 Å². The van der Waals surface area contributed by atoms with Gasteiger partial charge >= 0.3 is 11.9 Å². The molecule has 1 aromatic carbocycles. The highest BCUT2D eigenvalue weighted by Gasteiger charge is 2.40. The molecule has 1 saturated heterocycles. The van der Waals surface area contributed by atoms with Gasteiger partial charge in [-0.15, -0.1) is 0 Å². The van der Waals surface area contributed by atoms with E-state index in [1.54, 1.807) is 0 Å². The second-order valence-electron chi connectivity index (χ2n) is 11.7. The van der Waals surface area contributed by atoms with Crippen LogP contribution in [0.1, 0.15) is 72.7 Å². The summed E-state index contributed by atoms with van der Waals surface area (Å²) < 4.78 is 22.7. The number of allylic oxidation sites excluding steroid dienone is 9. The lowest BCUT2D eigenvalue weighted by molar-refractivity contribution is -0.251. The number of carbonyl (C=O) groups excluding carboxylic acids is 2. The first-order valence-electron chi connectivity index (χ1n) is 14.0.